The number of aromatic hydroxyl groups is 1. The number of rotatable bonds is 5. The molecular weight excluding hydrogens is 287 g/mol. The Morgan fingerprint density at radius 3 is 2.59 bits per heavy atom. The standard InChI is InChI=1S/C17H15FO4/c1-21-13-5-8-17(22-2)11(9-13)3-6-15(19)14-10-12(18)4-7-16(14)20/h3-10,20H,1-2H3/b6-3+. The number of phenolic OH excluding ortho intramolecular Hbond substituents is 1. The molecule has 0 heterocycles. The smallest absolute Gasteiger partial charge is 0.189 e. The summed E-state index contributed by atoms with van der Waals surface area (Å²) in [7, 11) is 3.05. The van der Waals surface area contributed by atoms with Crippen LogP contribution in [0, 0.1) is 5.82 Å². The summed E-state index contributed by atoms with van der Waals surface area (Å²) >= 11 is 0. The molecular formula is C17H15FO4. The van der Waals surface area contributed by atoms with Gasteiger partial charge in [-0.2, -0.15) is 0 Å². The first-order valence-electron chi connectivity index (χ1n) is 6.48. The maximum atomic E-state index is 13.2. The minimum absolute atomic E-state index is 0.0990. The average molecular weight is 302 g/mol. The van der Waals surface area contributed by atoms with Crippen LogP contribution in [0.3, 0.4) is 0 Å². The van der Waals surface area contributed by atoms with Crippen molar-refractivity contribution >= 4 is 11.9 Å². The van der Waals surface area contributed by atoms with Gasteiger partial charge in [0.1, 0.15) is 23.1 Å². The molecule has 4 nitrogen and oxygen atoms in total. The van der Waals surface area contributed by atoms with E-state index in [1.807, 2.05) is 0 Å². The van der Waals surface area contributed by atoms with E-state index in [0.29, 0.717) is 17.1 Å². The van der Waals surface area contributed by atoms with Gasteiger partial charge in [-0.25, -0.2) is 4.39 Å². The normalized spacial score (nSPS) is 10.7. The zero-order chi connectivity index (χ0) is 16.1. The van der Waals surface area contributed by atoms with Crippen LogP contribution in [-0.2, 0) is 0 Å². The van der Waals surface area contributed by atoms with Crippen LogP contribution in [0.5, 0.6) is 17.2 Å². The Morgan fingerprint density at radius 2 is 1.91 bits per heavy atom. The maximum absolute atomic E-state index is 13.2. The first kappa shape index (κ1) is 15.6. The molecule has 0 saturated heterocycles. The minimum Gasteiger partial charge on any atom is -0.507 e. The van der Waals surface area contributed by atoms with Gasteiger partial charge in [-0.15, -0.1) is 0 Å². The summed E-state index contributed by atoms with van der Waals surface area (Å²) < 4.78 is 23.5. The predicted octanol–water partition coefficient (Wildman–Crippen LogP) is 3.44. The van der Waals surface area contributed by atoms with Crippen molar-refractivity contribution < 1.29 is 23.8 Å². The Balaban J connectivity index is 2.31. The predicted molar refractivity (Wildman–Crippen MR) is 81.0 cm³/mol. The quantitative estimate of drug-likeness (QED) is 0.679. The number of phenols is 1. The van der Waals surface area contributed by atoms with Crippen molar-refractivity contribution in [3.8, 4) is 17.2 Å². The highest BCUT2D eigenvalue weighted by Crippen LogP contribution is 2.26. The zero-order valence-corrected chi connectivity index (χ0v) is 12.2. The highest BCUT2D eigenvalue weighted by atomic mass is 19.1. The van der Waals surface area contributed by atoms with E-state index in [1.165, 1.54) is 26.4 Å². The fourth-order valence-corrected chi connectivity index (χ4v) is 1.93. The molecule has 0 spiro atoms. The van der Waals surface area contributed by atoms with Gasteiger partial charge in [0.2, 0.25) is 0 Å². The minimum atomic E-state index is -0.589. The van der Waals surface area contributed by atoms with Gasteiger partial charge in [0, 0.05) is 5.56 Å². The van der Waals surface area contributed by atoms with E-state index in [-0.39, 0.29) is 11.3 Å². The van der Waals surface area contributed by atoms with Crippen molar-refractivity contribution in [2.45, 2.75) is 0 Å². The summed E-state index contributed by atoms with van der Waals surface area (Å²) in [4.78, 5) is 12.1. The summed E-state index contributed by atoms with van der Waals surface area (Å²) in [5.41, 5.74) is 0.532. The summed E-state index contributed by atoms with van der Waals surface area (Å²) in [6.45, 7) is 0. The number of carbonyl (C=O) groups is 1. The Kier molecular flexibility index (Phi) is 4.78. The van der Waals surface area contributed by atoms with E-state index >= 15 is 0 Å². The van der Waals surface area contributed by atoms with Crippen LogP contribution in [0.25, 0.3) is 6.08 Å². The van der Waals surface area contributed by atoms with Crippen molar-refractivity contribution in [3.63, 3.8) is 0 Å². The third-order valence-electron chi connectivity index (χ3n) is 3.08. The van der Waals surface area contributed by atoms with Gasteiger partial charge in [-0.05, 0) is 48.6 Å². The molecule has 0 bridgehead atoms. The van der Waals surface area contributed by atoms with Gasteiger partial charge in [-0.1, -0.05) is 0 Å². The lowest BCUT2D eigenvalue weighted by molar-refractivity contribution is 0.104. The SMILES string of the molecule is COc1ccc(OC)c(/C=C/C(=O)c2cc(F)ccc2O)c1. The Hall–Kier alpha value is -2.82. The van der Waals surface area contributed by atoms with E-state index in [0.717, 1.165) is 18.2 Å². The number of allylic oxidation sites excluding steroid dienone is 1. The fourth-order valence-electron chi connectivity index (χ4n) is 1.93. The number of benzene rings is 2. The van der Waals surface area contributed by atoms with Crippen molar-refractivity contribution in [1.82, 2.24) is 0 Å². The zero-order valence-electron chi connectivity index (χ0n) is 12.2. The molecule has 2 rings (SSSR count). The largest absolute Gasteiger partial charge is 0.507 e. The monoisotopic (exact) mass is 302 g/mol. The lowest BCUT2D eigenvalue weighted by atomic mass is 10.1. The van der Waals surface area contributed by atoms with Gasteiger partial charge in [0.05, 0.1) is 19.8 Å². The molecule has 0 fully saturated rings. The number of methoxy groups -OCH3 is 2. The number of ketones is 1. The summed E-state index contributed by atoms with van der Waals surface area (Å²) in [6.07, 6.45) is 2.76. The third-order valence-corrected chi connectivity index (χ3v) is 3.08. The van der Waals surface area contributed by atoms with E-state index in [2.05, 4.69) is 0 Å². The second-order valence-electron chi connectivity index (χ2n) is 4.47. The summed E-state index contributed by atoms with van der Waals surface area (Å²) in [6, 6.07) is 8.36. The van der Waals surface area contributed by atoms with Crippen LogP contribution in [0.4, 0.5) is 4.39 Å². The Bertz CT molecular complexity index is 723. The molecule has 0 atom stereocenters. The molecule has 0 unspecified atom stereocenters. The first-order chi connectivity index (χ1) is 10.5. The molecule has 0 aliphatic heterocycles. The van der Waals surface area contributed by atoms with E-state index < -0.39 is 11.6 Å². The second kappa shape index (κ2) is 6.76. The molecule has 0 aromatic heterocycles. The first-order valence-corrected chi connectivity index (χ1v) is 6.48. The van der Waals surface area contributed by atoms with E-state index in [4.69, 9.17) is 9.47 Å². The fraction of sp³-hybridized carbons (Fsp3) is 0.118. The number of carbonyl (C=O) groups excluding carboxylic acids is 1. The van der Waals surface area contributed by atoms with E-state index in [9.17, 15) is 14.3 Å². The molecule has 1 N–H and O–H groups in total. The Morgan fingerprint density at radius 1 is 1.14 bits per heavy atom. The van der Waals surface area contributed by atoms with Crippen LogP contribution in [-0.4, -0.2) is 25.1 Å². The van der Waals surface area contributed by atoms with Gasteiger partial charge < -0.3 is 14.6 Å². The lowest BCUT2D eigenvalue weighted by Crippen LogP contribution is -1.96. The average Bonchev–Trinajstić information content (AvgIpc) is 2.54. The van der Waals surface area contributed by atoms with Gasteiger partial charge in [-0.3, -0.25) is 4.79 Å². The van der Waals surface area contributed by atoms with Gasteiger partial charge in [0.15, 0.2) is 5.78 Å². The van der Waals surface area contributed by atoms with Crippen LogP contribution >= 0.6 is 0 Å². The number of ether oxygens (including phenoxy) is 2. The van der Waals surface area contributed by atoms with Crippen molar-refractivity contribution in [2.75, 3.05) is 14.2 Å². The van der Waals surface area contributed by atoms with Gasteiger partial charge in [0.25, 0.3) is 0 Å². The molecule has 2 aromatic carbocycles. The lowest BCUT2D eigenvalue weighted by Gasteiger charge is -2.07. The summed E-state index contributed by atoms with van der Waals surface area (Å²) in [5, 5.41) is 9.62. The third kappa shape index (κ3) is 3.44. The Labute approximate surface area is 127 Å². The van der Waals surface area contributed by atoms with Gasteiger partial charge >= 0.3 is 0 Å². The van der Waals surface area contributed by atoms with Crippen LogP contribution in [0.2, 0.25) is 0 Å². The van der Waals surface area contributed by atoms with E-state index in [1.54, 1.807) is 18.2 Å². The molecule has 0 saturated carbocycles. The van der Waals surface area contributed by atoms with Crippen molar-refractivity contribution in [2.24, 2.45) is 0 Å². The van der Waals surface area contributed by atoms with Crippen LogP contribution < -0.4 is 9.47 Å². The highest BCUT2D eigenvalue weighted by Gasteiger charge is 2.10. The molecule has 0 radical (unpaired) electrons. The topological polar surface area (TPSA) is 55.8 Å². The molecule has 22 heavy (non-hydrogen) atoms. The maximum Gasteiger partial charge on any atom is 0.189 e. The molecule has 0 aliphatic rings. The molecule has 0 amide bonds. The number of hydrogen-bond acceptors (Lipinski definition) is 4. The molecule has 2 aromatic rings. The molecule has 114 valence electrons. The number of hydrogen-bond donors (Lipinski definition) is 1. The summed E-state index contributed by atoms with van der Waals surface area (Å²) in [5.74, 6) is -0.196. The molecule has 0 aliphatic carbocycles. The van der Waals surface area contributed by atoms with Crippen LogP contribution in [0.15, 0.2) is 42.5 Å². The second-order valence-corrected chi connectivity index (χ2v) is 4.47. The van der Waals surface area contributed by atoms with Crippen LogP contribution in [0.1, 0.15) is 15.9 Å². The van der Waals surface area contributed by atoms with Crippen molar-refractivity contribution in [1.29, 1.82) is 0 Å². The number of halogens is 1. The molecule has 5 heteroatoms. The van der Waals surface area contributed by atoms with Crippen molar-refractivity contribution in [3.05, 3.63) is 59.4 Å². The highest BCUT2D eigenvalue weighted by molar-refractivity contribution is 6.08.